The van der Waals surface area contributed by atoms with Crippen LogP contribution in [0, 0.1) is 6.92 Å². The molecule has 0 saturated heterocycles. The van der Waals surface area contributed by atoms with E-state index in [9.17, 15) is 14.7 Å². The summed E-state index contributed by atoms with van der Waals surface area (Å²) in [5.74, 6) is -0.915. The lowest BCUT2D eigenvalue weighted by Crippen LogP contribution is -2.31. The standard InChI is InChI=1S/C20H19NO5/c1-12-4-6-13(7-5-12)11-21-19(23)17(18(22)20(21)24)14-8-9-15(25-2)16(10-14)26-3/h4-10,22H,11H2,1-3H3. The average molecular weight is 353 g/mol. The van der Waals surface area contributed by atoms with Crippen molar-refractivity contribution in [1.29, 1.82) is 0 Å². The predicted molar refractivity (Wildman–Crippen MR) is 95.8 cm³/mol. The van der Waals surface area contributed by atoms with Crippen molar-refractivity contribution in [2.24, 2.45) is 0 Å². The molecule has 6 nitrogen and oxygen atoms in total. The van der Waals surface area contributed by atoms with Gasteiger partial charge in [-0.05, 0) is 30.2 Å². The number of carbonyl (C=O) groups is 2. The zero-order valence-corrected chi connectivity index (χ0v) is 14.8. The van der Waals surface area contributed by atoms with Crippen LogP contribution in [0.5, 0.6) is 11.5 Å². The Morgan fingerprint density at radius 3 is 2.19 bits per heavy atom. The maximum atomic E-state index is 12.8. The molecule has 0 aromatic heterocycles. The quantitative estimate of drug-likeness (QED) is 0.837. The number of rotatable bonds is 5. The van der Waals surface area contributed by atoms with E-state index in [0.29, 0.717) is 17.1 Å². The highest BCUT2D eigenvalue weighted by atomic mass is 16.5. The third kappa shape index (κ3) is 3.01. The van der Waals surface area contributed by atoms with Crippen molar-refractivity contribution in [1.82, 2.24) is 4.90 Å². The Labute approximate surface area is 151 Å². The molecule has 0 radical (unpaired) electrons. The number of imide groups is 1. The topological polar surface area (TPSA) is 76.1 Å². The summed E-state index contributed by atoms with van der Waals surface area (Å²) >= 11 is 0. The molecule has 1 heterocycles. The van der Waals surface area contributed by atoms with E-state index in [4.69, 9.17) is 9.47 Å². The fourth-order valence-corrected chi connectivity index (χ4v) is 2.83. The number of aliphatic hydroxyl groups excluding tert-OH is 1. The molecule has 0 atom stereocenters. The van der Waals surface area contributed by atoms with Gasteiger partial charge in [0.05, 0.1) is 26.3 Å². The molecule has 3 rings (SSSR count). The Kier molecular flexibility index (Phi) is 4.67. The number of carbonyl (C=O) groups excluding carboxylic acids is 2. The highest BCUT2D eigenvalue weighted by molar-refractivity contribution is 6.34. The molecule has 0 spiro atoms. The van der Waals surface area contributed by atoms with E-state index < -0.39 is 17.6 Å². The van der Waals surface area contributed by atoms with Gasteiger partial charge in [-0.1, -0.05) is 35.9 Å². The SMILES string of the molecule is COc1ccc(C2=C(O)C(=O)N(Cc3ccc(C)cc3)C2=O)cc1OC. The zero-order chi connectivity index (χ0) is 18.8. The first-order valence-corrected chi connectivity index (χ1v) is 8.03. The van der Waals surface area contributed by atoms with E-state index >= 15 is 0 Å². The normalized spacial score (nSPS) is 14.2. The van der Waals surface area contributed by atoms with Gasteiger partial charge in [-0.15, -0.1) is 0 Å². The summed E-state index contributed by atoms with van der Waals surface area (Å²) in [6.45, 7) is 2.05. The van der Waals surface area contributed by atoms with E-state index in [1.807, 2.05) is 31.2 Å². The molecular weight excluding hydrogens is 334 g/mol. The van der Waals surface area contributed by atoms with Crippen LogP contribution in [0.15, 0.2) is 48.2 Å². The van der Waals surface area contributed by atoms with E-state index in [1.165, 1.54) is 14.2 Å². The third-order valence-corrected chi connectivity index (χ3v) is 4.28. The summed E-state index contributed by atoms with van der Waals surface area (Å²) in [7, 11) is 2.98. The van der Waals surface area contributed by atoms with E-state index in [-0.39, 0.29) is 12.1 Å². The molecule has 1 aliphatic heterocycles. The molecule has 0 unspecified atom stereocenters. The number of benzene rings is 2. The van der Waals surface area contributed by atoms with Gasteiger partial charge in [0.1, 0.15) is 0 Å². The van der Waals surface area contributed by atoms with Crippen LogP contribution in [-0.4, -0.2) is 36.0 Å². The number of hydrogen-bond donors (Lipinski definition) is 1. The predicted octanol–water partition coefficient (Wildman–Crippen LogP) is 2.85. The Morgan fingerprint density at radius 2 is 1.58 bits per heavy atom. The van der Waals surface area contributed by atoms with Crippen molar-refractivity contribution >= 4 is 17.4 Å². The molecule has 134 valence electrons. The summed E-state index contributed by atoms with van der Waals surface area (Å²) < 4.78 is 10.4. The summed E-state index contributed by atoms with van der Waals surface area (Å²) in [5.41, 5.74) is 2.24. The Hall–Kier alpha value is -3.28. The summed E-state index contributed by atoms with van der Waals surface area (Å²) in [6, 6.07) is 12.3. The highest BCUT2D eigenvalue weighted by Gasteiger charge is 2.39. The summed E-state index contributed by atoms with van der Waals surface area (Å²) in [5, 5.41) is 10.3. The fraction of sp³-hybridized carbons (Fsp3) is 0.200. The molecule has 2 amide bonds. The van der Waals surface area contributed by atoms with Crippen LogP contribution in [0.1, 0.15) is 16.7 Å². The van der Waals surface area contributed by atoms with Crippen molar-refractivity contribution in [2.75, 3.05) is 14.2 Å². The lowest BCUT2D eigenvalue weighted by Gasteiger charge is -2.15. The first kappa shape index (κ1) is 17.5. The zero-order valence-electron chi connectivity index (χ0n) is 14.8. The van der Waals surface area contributed by atoms with Gasteiger partial charge < -0.3 is 14.6 Å². The number of hydrogen-bond acceptors (Lipinski definition) is 5. The second-order valence-corrected chi connectivity index (χ2v) is 5.98. The second kappa shape index (κ2) is 6.92. The van der Waals surface area contributed by atoms with Crippen LogP contribution in [0.3, 0.4) is 0 Å². The minimum atomic E-state index is -0.708. The lowest BCUT2D eigenvalue weighted by molar-refractivity contribution is -0.138. The van der Waals surface area contributed by atoms with E-state index in [0.717, 1.165) is 16.0 Å². The van der Waals surface area contributed by atoms with Crippen molar-refractivity contribution < 1.29 is 24.2 Å². The van der Waals surface area contributed by atoms with Gasteiger partial charge in [-0.2, -0.15) is 0 Å². The molecule has 2 aromatic carbocycles. The van der Waals surface area contributed by atoms with E-state index in [2.05, 4.69) is 0 Å². The van der Waals surface area contributed by atoms with Crippen LogP contribution in [-0.2, 0) is 16.1 Å². The highest BCUT2D eigenvalue weighted by Crippen LogP contribution is 2.35. The van der Waals surface area contributed by atoms with Crippen LogP contribution < -0.4 is 9.47 Å². The van der Waals surface area contributed by atoms with E-state index in [1.54, 1.807) is 18.2 Å². The lowest BCUT2D eigenvalue weighted by atomic mass is 10.0. The first-order valence-electron chi connectivity index (χ1n) is 8.03. The van der Waals surface area contributed by atoms with Crippen LogP contribution >= 0.6 is 0 Å². The summed E-state index contributed by atoms with van der Waals surface area (Å²) in [4.78, 5) is 26.2. The molecule has 1 aliphatic rings. The smallest absolute Gasteiger partial charge is 0.296 e. The van der Waals surface area contributed by atoms with Gasteiger partial charge in [0.25, 0.3) is 11.8 Å². The number of aliphatic hydroxyl groups is 1. The molecule has 6 heteroatoms. The molecule has 0 saturated carbocycles. The molecule has 0 bridgehead atoms. The van der Waals surface area contributed by atoms with Gasteiger partial charge in [0.15, 0.2) is 17.3 Å². The van der Waals surface area contributed by atoms with Crippen LogP contribution in [0.4, 0.5) is 0 Å². The molecule has 26 heavy (non-hydrogen) atoms. The number of methoxy groups -OCH3 is 2. The maximum absolute atomic E-state index is 12.8. The van der Waals surface area contributed by atoms with Crippen molar-refractivity contribution in [2.45, 2.75) is 13.5 Å². The van der Waals surface area contributed by atoms with Crippen LogP contribution in [0.2, 0.25) is 0 Å². The van der Waals surface area contributed by atoms with Gasteiger partial charge in [-0.3, -0.25) is 14.5 Å². The van der Waals surface area contributed by atoms with Gasteiger partial charge in [0.2, 0.25) is 0 Å². The number of amides is 2. The van der Waals surface area contributed by atoms with Gasteiger partial charge in [-0.25, -0.2) is 0 Å². The molecular formula is C20H19NO5. The van der Waals surface area contributed by atoms with Gasteiger partial charge >= 0.3 is 0 Å². The number of ether oxygens (including phenoxy) is 2. The molecule has 1 N–H and O–H groups in total. The van der Waals surface area contributed by atoms with Crippen LogP contribution in [0.25, 0.3) is 5.57 Å². The molecule has 0 fully saturated rings. The second-order valence-electron chi connectivity index (χ2n) is 5.98. The number of aryl methyl sites for hydroxylation is 1. The fourth-order valence-electron chi connectivity index (χ4n) is 2.83. The van der Waals surface area contributed by atoms with Gasteiger partial charge in [0, 0.05) is 0 Å². The first-order chi connectivity index (χ1) is 12.5. The summed E-state index contributed by atoms with van der Waals surface area (Å²) in [6.07, 6.45) is 0. The minimum absolute atomic E-state index is 0.0388. The van der Waals surface area contributed by atoms with Crippen molar-refractivity contribution in [3.05, 3.63) is 64.9 Å². The minimum Gasteiger partial charge on any atom is -0.502 e. The Balaban J connectivity index is 1.92. The largest absolute Gasteiger partial charge is 0.502 e. The maximum Gasteiger partial charge on any atom is 0.296 e. The third-order valence-electron chi connectivity index (χ3n) is 4.28. The Bertz CT molecular complexity index is 899. The van der Waals surface area contributed by atoms with Crippen molar-refractivity contribution in [3.8, 4) is 11.5 Å². The monoisotopic (exact) mass is 353 g/mol. The molecule has 2 aromatic rings. The van der Waals surface area contributed by atoms with Crippen molar-refractivity contribution in [3.63, 3.8) is 0 Å². The number of nitrogens with zero attached hydrogens (tertiary/aromatic N) is 1. The Morgan fingerprint density at radius 1 is 0.923 bits per heavy atom. The molecule has 0 aliphatic carbocycles. The average Bonchev–Trinajstić information content (AvgIpc) is 2.86.